The van der Waals surface area contributed by atoms with E-state index in [0.29, 0.717) is 19.1 Å². The summed E-state index contributed by atoms with van der Waals surface area (Å²) in [7, 11) is 3.33. The molecule has 1 aromatic heterocycles. The summed E-state index contributed by atoms with van der Waals surface area (Å²) in [5.74, 6) is 0.508. The average Bonchev–Trinajstić information content (AvgIpc) is 2.65. The molecule has 5 nitrogen and oxygen atoms in total. The molecule has 0 spiro atoms. The summed E-state index contributed by atoms with van der Waals surface area (Å²) in [5.41, 5.74) is 9.08. The molecule has 5 heteroatoms. The molecule has 0 amide bonds. The molecule has 1 aromatic carbocycles. The number of anilines is 1. The van der Waals surface area contributed by atoms with E-state index >= 15 is 0 Å². The van der Waals surface area contributed by atoms with Crippen LogP contribution in [0.15, 0.2) is 18.2 Å². The first-order valence-electron chi connectivity index (χ1n) is 5.89. The van der Waals surface area contributed by atoms with Crippen molar-refractivity contribution in [1.82, 2.24) is 9.55 Å². The number of hydrogen-bond donors (Lipinski definition) is 1. The lowest BCUT2D eigenvalue weighted by Crippen LogP contribution is -2.24. The first kappa shape index (κ1) is 12.9. The third-order valence-corrected chi connectivity index (χ3v) is 3.01. The molecule has 0 fully saturated rings. The molecule has 1 heterocycles. The first-order chi connectivity index (χ1) is 8.65. The predicted octanol–water partition coefficient (Wildman–Crippen LogP) is 1.59. The Morgan fingerprint density at radius 1 is 1.39 bits per heavy atom. The third kappa shape index (κ3) is 2.47. The largest absolute Gasteiger partial charge is 0.382 e. The van der Waals surface area contributed by atoms with Crippen molar-refractivity contribution in [2.24, 2.45) is 0 Å². The van der Waals surface area contributed by atoms with Crippen LogP contribution in [-0.4, -0.2) is 36.5 Å². The highest BCUT2D eigenvalue weighted by atomic mass is 16.5. The number of aromatic nitrogens is 2. The molecule has 0 radical (unpaired) electrons. The Morgan fingerprint density at radius 3 is 2.83 bits per heavy atom. The van der Waals surface area contributed by atoms with Crippen molar-refractivity contribution in [3.8, 4) is 0 Å². The fourth-order valence-corrected chi connectivity index (χ4v) is 2.03. The van der Waals surface area contributed by atoms with Gasteiger partial charge in [0, 0.05) is 14.2 Å². The van der Waals surface area contributed by atoms with E-state index in [4.69, 9.17) is 15.2 Å². The van der Waals surface area contributed by atoms with Crippen LogP contribution in [0.3, 0.4) is 0 Å². The van der Waals surface area contributed by atoms with E-state index in [1.54, 1.807) is 14.2 Å². The van der Waals surface area contributed by atoms with Gasteiger partial charge in [0.2, 0.25) is 5.95 Å². The molecule has 1 atom stereocenters. The van der Waals surface area contributed by atoms with Crippen molar-refractivity contribution < 1.29 is 9.47 Å². The fraction of sp³-hybridized carbons (Fsp3) is 0.462. The smallest absolute Gasteiger partial charge is 0.201 e. The second-order valence-corrected chi connectivity index (χ2v) is 4.39. The molecule has 0 aliphatic rings. The number of nitrogen functional groups attached to an aromatic ring is 1. The Labute approximate surface area is 107 Å². The third-order valence-electron chi connectivity index (χ3n) is 3.01. The van der Waals surface area contributed by atoms with Gasteiger partial charge in [-0.1, -0.05) is 6.07 Å². The van der Waals surface area contributed by atoms with Crippen LogP contribution >= 0.6 is 0 Å². The van der Waals surface area contributed by atoms with Crippen molar-refractivity contribution >= 4 is 17.0 Å². The van der Waals surface area contributed by atoms with E-state index < -0.39 is 0 Å². The molecule has 18 heavy (non-hydrogen) atoms. The van der Waals surface area contributed by atoms with Gasteiger partial charge in [0.05, 0.1) is 30.3 Å². The van der Waals surface area contributed by atoms with Crippen LogP contribution in [0, 0.1) is 6.92 Å². The maximum Gasteiger partial charge on any atom is 0.201 e. The van der Waals surface area contributed by atoms with Gasteiger partial charge in [-0.05, 0) is 24.6 Å². The second kappa shape index (κ2) is 5.37. The van der Waals surface area contributed by atoms with Crippen molar-refractivity contribution in [2.45, 2.75) is 19.6 Å². The lowest BCUT2D eigenvalue weighted by atomic mass is 10.2. The first-order valence-corrected chi connectivity index (χ1v) is 5.89. The highest BCUT2D eigenvalue weighted by molar-refractivity contribution is 5.79. The topological polar surface area (TPSA) is 62.3 Å². The zero-order valence-electron chi connectivity index (χ0n) is 11.0. The van der Waals surface area contributed by atoms with Gasteiger partial charge in [-0.2, -0.15) is 0 Å². The maximum atomic E-state index is 5.96. The van der Waals surface area contributed by atoms with Crippen LogP contribution in [0.5, 0.6) is 0 Å². The van der Waals surface area contributed by atoms with Gasteiger partial charge in [0.15, 0.2) is 0 Å². The summed E-state index contributed by atoms with van der Waals surface area (Å²) in [5, 5.41) is 0. The lowest BCUT2D eigenvalue weighted by Gasteiger charge is -2.16. The van der Waals surface area contributed by atoms with Gasteiger partial charge < -0.3 is 19.8 Å². The average molecular weight is 249 g/mol. The highest BCUT2D eigenvalue weighted by Gasteiger charge is 2.14. The van der Waals surface area contributed by atoms with Gasteiger partial charge in [-0.15, -0.1) is 0 Å². The number of ether oxygens (including phenoxy) is 2. The Hall–Kier alpha value is -1.59. The van der Waals surface area contributed by atoms with Crippen LogP contribution in [0.4, 0.5) is 5.95 Å². The van der Waals surface area contributed by atoms with E-state index in [0.717, 1.165) is 11.0 Å². The zero-order chi connectivity index (χ0) is 13.1. The van der Waals surface area contributed by atoms with E-state index in [2.05, 4.69) is 18.0 Å². The number of benzene rings is 1. The monoisotopic (exact) mass is 249 g/mol. The standard InChI is InChI=1S/C13H19N3O2/c1-9-4-5-11-12(6-9)16(13(14)15-11)7-10(18-3)8-17-2/h4-6,10H,7-8H2,1-3H3,(H2,14,15). The molecule has 98 valence electrons. The molecule has 2 N–H and O–H groups in total. The minimum absolute atomic E-state index is 0.0322. The van der Waals surface area contributed by atoms with E-state index in [1.807, 2.05) is 16.7 Å². The summed E-state index contributed by atoms with van der Waals surface area (Å²) in [6, 6.07) is 6.09. The molecule has 0 saturated heterocycles. The van der Waals surface area contributed by atoms with Crippen LogP contribution in [-0.2, 0) is 16.0 Å². The van der Waals surface area contributed by atoms with Crippen LogP contribution in [0.1, 0.15) is 5.56 Å². The Morgan fingerprint density at radius 2 is 2.17 bits per heavy atom. The van der Waals surface area contributed by atoms with Gasteiger partial charge in [0.25, 0.3) is 0 Å². The van der Waals surface area contributed by atoms with Crippen LogP contribution in [0.25, 0.3) is 11.0 Å². The molecular weight excluding hydrogens is 230 g/mol. The summed E-state index contributed by atoms with van der Waals surface area (Å²) in [6.45, 7) is 3.22. The Kier molecular flexibility index (Phi) is 3.84. The predicted molar refractivity (Wildman–Crippen MR) is 71.6 cm³/mol. The van der Waals surface area contributed by atoms with Crippen molar-refractivity contribution in [3.05, 3.63) is 23.8 Å². The van der Waals surface area contributed by atoms with Crippen molar-refractivity contribution in [1.29, 1.82) is 0 Å². The zero-order valence-corrected chi connectivity index (χ0v) is 11.0. The Balaban J connectivity index is 2.36. The van der Waals surface area contributed by atoms with Gasteiger partial charge in [0.1, 0.15) is 0 Å². The normalized spacial score (nSPS) is 13.1. The van der Waals surface area contributed by atoms with E-state index in [1.165, 1.54) is 5.56 Å². The Bertz CT molecular complexity index is 536. The minimum atomic E-state index is -0.0322. The molecule has 0 aliphatic carbocycles. The summed E-state index contributed by atoms with van der Waals surface area (Å²) < 4.78 is 12.5. The number of rotatable bonds is 5. The molecule has 0 saturated carbocycles. The number of nitrogens with zero attached hydrogens (tertiary/aromatic N) is 2. The molecule has 2 rings (SSSR count). The SMILES string of the molecule is COCC(Cn1c(N)nc2ccc(C)cc21)OC. The molecule has 0 bridgehead atoms. The van der Waals surface area contributed by atoms with Crippen molar-refractivity contribution in [2.75, 3.05) is 26.6 Å². The summed E-state index contributed by atoms with van der Waals surface area (Å²) in [6.07, 6.45) is -0.0322. The van der Waals surface area contributed by atoms with Gasteiger partial charge in [-0.3, -0.25) is 0 Å². The van der Waals surface area contributed by atoms with Gasteiger partial charge in [-0.25, -0.2) is 4.98 Å². The van der Waals surface area contributed by atoms with Crippen LogP contribution in [0.2, 0.25) is 0 Å². The van der Waals surface area contributed by atoms with E-state index in [9.17, 15) is 0 Å². The minimum Gasteiger partial charge on any atom is -0.382 e. The number of aryl methyl sites for hydroxylation is 1. The highest BCUT2D eigenvalue weighted by Crippen LogP contribution is 2.20. The van der Waals surface area contributed by atoms with Crippen molar-refractivity contribution in [3.63, 3.8) is 0 Å². The molecular formula is C13H19N3O2. The van der Waals surface area contributed by atoms with Crippen LogP contribution < -0.4 is 5.73 Å². The quantitative estimate of drug-likeness (QED) is 0.874. The molecule has 2 aromatic rings. The number of methoxy groups -OCH3 is 2. The maximum absolute atomic E-state index is 5.96. The number of fused-ring (bicyclic) bond motifs is 1. The second-order valence-electron chi connectivity index (χ2n) is 4.39. The summed E-state index contributed by atoms with van der Waals surface area (Å²) >= 11 is 0. The molecule has 0 aliphatic heterocycles. The van der Waals surface area contributed by atoms with Gasteiger partial charge >= 0.3 is 0 Å². The number of hydrogen-bond acceptors (Lipinski definition) is 4. The lowest BCUT2D eigenvalue weighted by molar-refractivity contribution is 0.0193. The summed E-state index contributed by atoms with van der Waals surface area (Å²) in [4.78, 5) is 4.35. The van der Waals surface area contributed by atoms with E-state index in [-0.39, 0.29) is 6.10 Å². The number of nitrogens with two attached hydrogens (primary N) is 1. The number of imidazole rings is 1. The molecule has 1 unspecified atom stereocenters. The fourth-order valence-electron chi connectivity index (χ4n) is 2.03.